The number of rotatable bonds is 6. The van der Waals surface area contributed by atoms with E-state index in [4.69, 9.17) is 25.8 Å². The number of carboxylic acids is 1. The SMILES string of the molecule is O=C(O)c1cccc(F)c1CNc1nc2nc(O[C@@H]3COC4C3OC[C@H]4O)[nH]c2cc1Cl. The average molecular weight is 465 g/mol. The average Bonchev–Trinajstić information content (AvgIpc) is 3.44. The number of hydrogen-bond acceptors (Lipinski definition) is 8. The second-order valence-electron chi connectivity index (χ2n) is 7.48. The molecule has 0 bridgehead atoms. The third kappa shape index (κ3) is 3.73. The van der Waals surface area contributed by atoms with Gasteiger partial charge in [-0.3, -0.25) is 0 Å². The predicted octanol–water partition coefficient (Wildman–Crippen LogP) is 1.97. The summed E-state index contributed by atoms with van der Waals surface area (Å²) in [5, 5.41) is 22.2. The fraction of sp³-hybridized carbons (Fsp3) is 0.350. The Morgan fingerprint density at radius 1 is 1.31 bits per heavy atom. The van der Waals surface area contributed by atoms with Gasteiger partial charge in [-0.2, -0.15) is 4.98 Å². The molecule has 2 unspecified atom stereocenters. The number of aromatic nitrogens is 3. The summed E-state index contributed by atoms with van der Waals surface area (Å²) in [6.07, 6.45) is -1.95. The number of H-pyrrole nitrogens is 1. The number of aliphatic hydroxyl groups excluding tert-OH is 1. The lowest BCUT2D eigenvalue weighted by Crippen LogP contribution is -2.34. The second kappa shape index (κ2) is 8.17. The number of aromatic carboxylic acids is 1. The molecule has 3 aromatic rings. The zero-order chi connectivity index (χ0) is 22.4. The summed E-state index contributed by atoms with van der Waals surface area (Å²) in [7, 11) is 0. The lowest BCUT2D eigenvalue weighted by Gasteiger charge is -2.15. The van der Waals surface area contributed by atoms with Crippen LogP contribution in [-0.2, 0) is 16.0 Å². The number of nitrogens with one attached hydrogen (secondary N) is 2. The molecule has 0 radical (unpaired) electrons. The Hall–Kier alpha value is -2.99. The number of aliphatic hydroxyl groups is 1. The van der Waals surface area contributed by atoms with E-state index in [1.165, 1.54) is 18.2 Å². The first-order valence-electron chi connectivity index (χ1n) is 9.79. The summed E-state index contributed by atoms with van der Waals surface area (Å²) in [4.78, 5) is 23.0. The predicted molar refractivity (Wildman–Crippen MR) is 109 cm³/mol. The van der Waals surface area contributed by atoms with Crippen LogP contribution in [-0.4, -0.2) is 68.8 Å². The van der Waals surface area contributed by atoms with Gasteiger partial charge >= 0.3 is 5.97 Å². The van der Waals surface area contributed by atoms with E-state index in [1.807, 2.05) is 0 Å². The minimum atomic E-state index is -1.23. The molecule has 2 aromatic heterocycles. The standard InChI is InChI=1S/C20H18ClFN4O6/c21-10-4-12-18(25-17(10)23-5-9-8(19(28)29)2-1-3-11(9)22)26-20(24-12)32-14-7-31-15-13(27)6-30-16(14)15/h1-4,13-16,27H,5-7H2,(H,28,29)(H2,23,24,25,26)/t13-,14-,15?,16?/m1/s1. The normalized spacial score (nSPS) is 24.6. The van der Waals surface area contributed by atoms with Crippen LogP contribution >= 0.6 is 11.6 Å². The van der Waals surface area contributed by atoms with Gasteiger partial charge in [-0.1, -0.05) is 17.7 Å². The van der Waals surface area contributed by atoms with Crippen LogP contribution in [0.4, 0.5) is 10.2 Å². The van der Waals surface area contributed by atoms with Gasteiger partial charge in [-0.15, -0.1) is 0 Å². The van der Waals surface area contributed by atoms with Gasteiger partial charge in [0.25, 0.3) is 6.01 Å². The molecule has 2 aliphatic rings. The summed E-state index contributed by atoms with van der Waals surface area (Å²) in [6, 6.07) is 5.60. The van der Waals surface area contributed by atoms with Gasteiger partial charge in [-0.25, -0.2) is 14.2 Å². The highest BCUT2D eigenvalue weighted by Gasteiger charge is 2.48. The minimum absolute atomic E-state index is 0.0152. The zero-order valence-electron chi connectivity index (χ0n) is 16.4. The molecule has 4 N–H and O–H groups in total. The van der Waals surface area contributed by atoms with Crippen LogP contribution in [0.25, 0.3) is 11.2 Å². The molecule has 168 valence electrons. The van der Waals surface area contributed by atoms with Crippen LogP contribution in [0.5, 0.6) is 6.01 Å². The summed E-state index contributed by atoms with van der Waals surface area (Å²) < 4.78 is 31.1. The maximum absolute atomic E-state index is 14.2. The lowest BCUT2D eigenvalue weighted by atomic mass is 10.1. The quantitative estimate of drug-likeness (QED) is 0.431. The summed E-state index contributed by atoms with van der Waals surface area (Å²) in [5.74, 6) is -1.67. The van der Waals surface area contributed by atoms with Crippen molar-refractivity contribution in [3.05, 3.63) is 46.2 Å². The molecule has 10 nitrogen and oxygen atoms in total. The number of anilines is 1. The number of imidazole rings is 1. The molecule has 0 spiro atoms. The molecule has 0 saturated carbocycles. The number of carboxylic acid groups (broad SMARTS) is 1. The van der Waals surface area contributed by atoms with Crippen LogP contribution in [0.3, 0.4) is 0 Å². The largest absolute Gasteiger partial charge is 0.478 e. The van der Waals surface area contributed by atoms with Crippen molar-refractivity contribution in [3.63, 3.8) is 0 Å². The summed E-state index contributed by atoms with van der Waals surface area (Å²) >= 11 is 6.29. The number of aromatic amines is 1. The third-order valence-corrected chi connectivity index (χ3v) is 5.72. The molecule has 4 heterocycles. The molecule has 32 heavy (non-hydrogen) atoms. The van der Waals surface area contributed by atoms with Crippen molar-refractivity contribution in [3.8, 4) is 6.01 Å². The van der Waals surface area contributed by atoms with Crippen molar-refractivity contribution in [2.45, 2.75) is 31.0 Å². The summed E-state index contributed by atoms with van der Waals surface area (Å²) in [5.41, 5.74) is 0.636. The van der Waals surface area contributed by atoms with Gasteiger partial charge in [0.05, 0.1) is 29.3 Å². The second-order valence-corrected chi connectivity index (χ2v) is 7.88. The fourth-order valence-electron chi connectivity index (χ4n) is 3.87. The van der Waals surface area contributed by atoms with E-state index < -0.39 is 36.2 Å². The first-order valence-corrected chi connectivity index (χ1v) is 10.2. The molecule has 2 fully saturated rings. The number of nitrogens with zero attached hydrogens (tertiary/aromatic N) is 2. The highest BCUT2D eigenvalue weighted by molar-refractivity contribution is 6.33. The van der Waals surface area contributed by atoms with E-state index >= 15 is 0 Å². The monoisotopic (exact) mass is 464 g/mol. The highest BCUT2D eigenvalue weighted by atomic mass is 35.5. The van der Waals surface area contributed by atoms with E-state index in [0.29, 0.717) is 11.2 Å². The Labute approximate surface area is 185 Å². The Morgan fingerprint density at radius 2 is 2.12 bits per heavy atom. The zero-order valence-corrected chi connectivity index (χ0v) is 17.2. The molecular weight excluding hydrogens is 447 g/mol. The third-order valence-electron chi connectivity index (χ3n) is 5.43. The van der Waals surface area contributed by atoms with E-state index in [-0.39, 0.29) is 47.7 Å². The van der Waals surface area contributed by atoms with Crippen LogP contribution in [0, 0.1) is 5.82 Å². The molecule has 0 aliphatic carbocycles. The Bertz CT molecular complexity index is 1190. The number of ether oxygens (including phenoxy) is 3. The van der Waals surface area contributed by atoms with E-state index in [2.05, 4.69) is 20.3 Å². The number of hydrogen-bond donors (Lipinski definition) is 4. The number of carbonyl (C=O) groups is 1. The van der Waals surface area contributed by atoms with Gasteiger partial charge < -0.3 is 34.7 Å². The first kappa shape index (κ1) is 20.9. The number of pyridine rings is 1. The Kier molecular flexibility index (Phi) is 5.33. The molecule has 0 amide bonds. The Morgan fingerprint density at radius 3 is 2.94 bits per heavy atom. The number of fused-ring (bicyclic) bond motifs is 2. The molecular formula is C20H18ClFN4O6. The molecule has 12 heteroatoms. The van der Waals surface area contributed by atoms with Gasteiger partial charge in [-0.05, 0) is 18.2 Å². The van der Waals surface area contributed by atoms with E-state index in [1.54, 1.807) is 6.07 Å². The molecule has 1 aromatic carbocycles. The van der Waals surface area contributed by atoms with Gasteiger partial charge in [0.15, 0.2) is 11.8 Å². The maximum atomic E-state index is 14.2. The van der Waals surface area contributed by atoms with Gasteiger partial charge in [0, 0.05) is 12.1 Å². The van der Waals surface area contributed by atoms with Crippen LogP contribution in [0.2, 0.25) is 5.02 Å². The van der Waals surface area contributed by atoms with Crippen molar-refractivity contribution >= 4 is 34.6 Å². The summed E-state index contributed by atoms with van der Waals surface area (Å²) in [6.45, 7) is 0.300. The highest BCUT2D eigenvalue weighted by Crippen LogP contribution is 2.31. The van der Waals surface area contributed by atoms with Gasteiger partial charge in [0.1, 0.15) is 29.9 Å². The van der Waals surface area contributed by atoms with Crippen molar-refractivity contribution in [1.82, 2.24) is 15.0 Å². The van der Waals surface area contributed by atoms with E-state index in [9.17, 15) is 19.4 Å². The number of benzene rings is 1. The minimum Gasteiger partial charge on any atom is -0.478 e. The molecule has 2 saturated heterocycles. The van der Waals surface area contributed by atoms with Crippen LogP contribution < -0.4 is 10.1 Å². The van der Waals surface area contributed by atoms with Gasteiger partial charge in [0.2, 0.25) is 0 Å². The molecule has 2 aliphatic heterocycles. The first-order chi connectivity index (χ1) is 15.4. The fourth-order valence-corrected chi connectivity index (χ4v) is 4.09. The van der Waals surface area contributed by atoms with Crippen molar-refractivity contribution in [2.75, 3.05) is 18.5 Å². The van der Waals surface area contributed by atoms with Crippen molar-refractivity contribution in [2.24, 2.45) is 0 Å². The smallest absolute Gasteiger partial charge is 0.336 e. The van der Waals surface area contributed by atoms with Crippen LogP contribution in [0.1, 0.15) is 15.9 Å². The topological polar surface area (TPSA) is 139 Å². The Balaban J connectivity index is 1.34. The van der Waals surface area contributed by atoms with E-state index in [0.717, 1.165) is 0 Å². The number of halogens is 2. The molecule has 5 rings (SSSR count). The van der Waals surface area contributed by atoms with Crippen LogP contribution in [0.15, 0.2) is 24.3 Å². The lowest BCUT2D eigenvalue weighted by molar-refractivity contribution is 0.00706. The van der Waals surface area contributed by atoms with Crippen molar-refractivity contribution < 1.29 is 33.6 Å². The molecule has 4 atom stereocenters. The van der Waals surface area contributed by atoms with Crippen molar-refractivity contribution in [1.29, 1.82) is 0 Å². The maximum Gasteiger partial charge on any atom is 0.336 e.